The number of aliphatic hydroxyl groups excluding tert-OH is 1. The maximum Gasteiger partial charge on any atom is 0.225 e. The van der Waals surface area contributed by atoms with Crippen molar-refractivity contribution in [1.82, 2.24) is 10.2 Å². The standard InChI is InChI=1S/C19H26N2O3/c22-13-16(10-14-6-2-1-3-7-14)20-19(24)15-11-18(23)21(12-15)17-8-4-5-9-17/h1-3,6-7,15-17,22H,4-5,8-13H2,(H,20,24). The minimum absolute atomic E-state index is 0.102. The summed E-state index contributed by atoms with van der Waals surface area (Å²) in [5, 5.41) is 12.5. The van der Waals surface area contributed by atoms with E-state index >= 15 is 0 Å². The van der Waals surface area contributed by atoms with Crippen LogP contribution in [-0.2, 0) is 16.0 Å². The Kier molecular flexibility index (Phi) is 5.51. The monoisotopic (exact) mass is 330 g/mol. The number of carbonyl (C=O) groups is 2. The van der Waals surface area contributed by atoms with E-state index in [4.69, 9.17) is 0 Å². The van der Waals surface area contributed by atoms with Gasteiger partial charge in [0.1, 0.15) is 0 Å². The minimum atomic E-state index is -0.310. The van der Waals surface area contributed by atoms with Crippen molar-refractivity contribution >= 4 is 11.8 Å². The molecule has 24 heavy (non-hydrogen) atoms. The molecule has 130 valence electrons. The summed E-state index contributed by atoms with van der Waals surface area (Å²) in [6.45, 7) is 0.423. The first kappa shape index (κ1) is 17.0. The molecule has 1 aromatic carbocycles. The van der Waals surface area contributed by atoms with Gasteiger partial charge in [-0.15, -0.1) is 0 Å². The molecule has 5 heteroatoms. The van der Waals surface area contributed by atoms with Gasteiger partial charge < -0.3 is 15.3 Å². The van der Waals surface area contributed by atoms with Gasteiger partial charge in [0, 0.05) is 19.0 Å². The van der Waals surface area contributed by atoms with Crippen LogP contribution in [0.1, 0.15) is 37.7 Å². The van der Waals surface area contributed by atoms with E-state index in [2.05, 4.69) is 5.32 Å². The highest BCUT2D eigenvalue weighted by Gasteiger charge is 2.38. The second-order valence-electron chi connectivity index (χ2n) is 6.96. The van der Waals surface area contributed by atoms with Crippen molar-refractivity contribution in [3.63, 3.8) is 0 Å². The summed E-state index contributed by atoms with van der Waals surface area (Å²) in [7, 11) is 0. The Balaban J connectivity index is 1.55. The molecular formula is C19H26N2O3. The SMILES string of the molecule is O=C(NC(CO)Cc1ccccc1)C1CC(=O)N(C2CCCC2)C1. The minimum Gasteiger partial charge on any atom is -0.394 e. The fourth-order valence-corrected chi connectivity index (χ4v) is 3.85. The molecule has 2 amide bonds. The molecular weight excluding hydrogens is 304 g/mol. The van der Waals surface area contributed by atoms with Gasteiger partial charge in [0.25, 0.3) is 0 Å². The van der Waals surface area contributed by atoms with Gasteiger partial charge in [0.15, 0.2) is 0 Å². The van der Waals surface area contributed by atoms with E-state index in [0.29, 0.717) is 25.4 Å². The summed E-state index contributed by atoms with van der Waals surface area (Å²) in [5.74, 6) is -0.299. The molecule has 0 aromatic heterocycles. The van der Waals surface area contributed by atoms with Gasteiger partial charge in [-0.25, -0.2) is 0 Å². The van der Waals surface area contributed by atoms with Gasteiger partial charge in [-0.1, -0.05) is 43.2 Å². The Morgan fingerprint density at radius 2 is 1.96 bits per heavy atom. The van der Waals surface area contributed by atoms with Gasteiger partial charge >= 0.3 is 0 Å². The van der Waals surface area contributed by atoms with Gasteiger partial charge in [0.2, 0.25) is 11.8 Å². The predicted molar refractivity (Wildman–Crippen MR) is 91.2 cm³/mol. The summed E-state index contributed by atoms with van der Waals surface area (Å²) in [6.07, 6.45) is 5.37. The Hall–Kier alpha value is -1.88. The average molecular weight is 330 g/mol. The lowest BCUT2D eigenvalue weighted by Gasteiger charge is -2.24. The molecule has 1 saturated heterocycles. The molecule has 2 aliphatic rings. The number of nitrogens with one attached hydrogen (secondary N) is 1. The van der Waals surface area contributed by atoms with Crippen LogP contribution in [0.4, 0.5) is 0 Å². The van der Waals surface area contributed by atoms with Crippen LogP contribution in [0.2, 0.25) is 0 Å². The third kappa shape index (κ3) is 3.96. The molecule has 5 nitrogen and oxygen atoms in total. The van der Waals surface area contributed by atoms with E-state index in [0.717, 1.165) is 18.4 Å². The molecule has 0 bridgehead atoms. The van der Waals surface area contributed by atoms with Crippen molar-refractivity contribution in [3.8, 4) is 0 Å². The third-order valence-electron chi connectivity index (χ3n) is 5.19. The molecule has 2 N–H and O–H groups in total. The molecule has 0 spiro atoms. The van der Waals surface area contributed by atoms with Gasteiger partial charge in [-0.05, 0) is 24.8 Å². The van der Waals surface area contributed by atoms with Crippen molar-refractivity contribution in [2.75, 3.05) is 13.2 Å². The Morgan fingerprint density at radius 1 is 1.25 bits per heavy atom. The molecule has 1 aliphatic heterocycles. The van der Waals surface area contributed by atoms with Crippen LogP contribution in [0.3, 0.4) is 0 Å². The lowest BCUT2D eigenvalue weighted by molar-refractivity contribution is -0.130. The third-order valence-corrected chi connectivity index (χ3v) is 5.19. The van der Waals surface area contributed by atoms with E-state index in [1.54, 1.807) is 0 Å². The highest BCUT2D eigenvalue weighted by atomic mass is 16.3. The van der Waals surface area contributed by atoms with Gasteiger partial charge in [0.05, 0.1) is 18.6 Å². The molecule has 2 atom stereocenters. The summed E-state index contributed by atoms with van der Waals surface area (Å²) >= 11 is 0. The molecule has 2 fully saturated rings. The number of amides is 2. The van der Waals surface area contributed by atoms with Crippen LogP contribution >= 0.6 is 0 Å². The second-order valence-corrected chi connectivity index (χ2v) is 6.96. The summed E-state index contributed by atoms with van der Waals surface area (Å²) < 4.78 is 0. The largest absolute Gasteiger partial charge is 0.394 e. The molecule has 1 aliphatic carbocycles. The van der Waals surface area contributed by atoms with Gasteiger partial charge in [-0.2, -0.15) is 0 Å². The first-order valence-electron chi connectivity index (χ1n) is 8.92. The fourth-order valence-electron chi connectivity index (χ4n) is 3.85. The van der Waals surface area contributed by atoms with E-state index < -0.39 is 0 Å². The number of hydrogen-bond acceptors (Lipinski definition) is 3. The maximum atomic E-state index is 12.5. The highest BCUT2D eigenvalue weighted by molar-refractivity contribution is 5.89. The zero-order valence-corrected chi connectivity index (χ0v) is 14.0. The number of aliphatic hydroxyl groups is 1. The van der Waals surface area contributed by atoms with E-state index in [-0.39, 0.29) is 30.4 Å². The van der Waals surface area contributed by atoms with Crippen LogP contribution < -0.4 is 5.32 Å². The zero-order chi connectivity index (χ0) is 16.9. The lowest BCUT2D eigenvalue weighted by atomic mass is 10.0. The highest BCUT2D eigenvalue weighted by Crippen LogP contribution is 2.29. The van der Waals surface area contributed by atoms with Gasteiger partial charge in [-0.3, -0.25) is 9.59 Å². The van der Waals surface area contributed by atoms with Crippen LogP contribution in [0.25, 0.3) is 0 Å². The first-order valence-corrected chi connectivity index (χ1v) is 8.92. The van der Waals surface area contributed by atoms with Crippen LogP contribution in [-0.4, -0.2) is 47.1 Å². The molecule has 2 unspecified atom stereocenters. The smallest absolute Gasteiger partial charge is 0.225 e. The Labute approximate surface area is 143 Å². The number of likely N-dealkylation sites (tertiary alicyclic amines) is 1. The summed E-state index contributed by atoms with van der Waals surface area (Å²) in [5.41, 5.74) is 1.08. The molecule has 1 heterocycles. The quantitative estimate of drug-likeness (QED) is 0.830. The van der Waals surface area contributed by atoms with Crippen LogP contribution in [0.15, 0.2) is 30.3 Å². The Morgan fingerprint density at radius 3 is 2.62 bits per heavy atom. The average Bonchev–Trinajstić information content (AvgIpc) is 3.24. The fraction of sp³-hybridized carbons (Fsp3) is 0.579. The molecule has 1 saturated carbocycles. The number of benzene rings is 1. The lowest BCUT2D eigenvalue weighted by Crippen LogP contribution is -2.43. The van der Waals surface area contributed by atoms with E-state index in [1.807, 2.05) is 35.2 Å². The molecule has 1 aromatic rings. The predicted octanol–water partition coefficient (Wildman–Crippen LogP) is 1.50. The zero-order valence-electron chi connectivity index (χ0n) is 14.0. The van der Waals surface area contributed by atoms with E-state index in [9.17, 15) is 14.7 Å². The van der Waals surface area contributed by atoms with Crippen LogP contribution in [0, 0.1) is 5.92 Å². The van der Waals surface area contributed by atoms with Crippen molar-refractivity contribution < 1.29 is 14.7 Å². The summed E-state index contributed by atoms with van der Waals surface area (Å²) in [4.78, 5) is 26.6. The van der Waals surface area contributed by atoms with Crippen LogP contribution in [0.5, 0.6) is 0 Å². The molecule has 3 rings (SSSR count). The van der Waals surface area contributed by atoms with Crippen molar-refractivity contribution in [2.24, 2.45) is 5.92 Å². The van der Waals surface area contributed by atoms with Crippen molar-refractivity contribution in [2.45, 2.75) is 50.6 Å². The second kappa shape index (κ2) is 7.79. The number of rotatable bonds is 6. The number of nitrogens with zero attached hydrogens (tertiary/aromatic N) is 1. The van der Waals surface area contributed by atoms with Crippen molar-refractivity contribution in [1.29, 1.82) is 0 Å². The Bertz CT molecular complexity index is 569. The number of carbonyl (C=O) groups excluding carboxylic acids is 2. The normalized spacial score (nSPS) is 22.8. The number of hydrogen-bond donors (Lipinski definition) is 2. The topological polar surface area (TPSA) is 69.6 Å². The molecule has 0 radical (unpaired) electrons. The van der Waals surface area contributed by atoms with Crippen molar-refractivity contribution in [3.05, 3.63) is 35.9 Å². The summed E-state index contributed by atoms with van der Waals surface area (Å²) in [6, 6.07) is 9.81. The maximum absolute atomic E-state index is 12.5. The first-order chi connectivity index (χ1) is 11.7. The van der Waals surface area contributed by atoms with E-state index in [1.165, 1.54) is 12.8 Å².